The Balaban J connectivity index is 2.03. The largest absolute Gasteiger partial charge is 0.453 e. The molecule has 1 unspecified atom stereocenters. The van der Waals surface area contributed by atoms with Crippen LogP contribution in [0.1, 0.15) is 11.7 Å². The molecule has 0 fully saturated rings. The van der Waals surface area contributed by atoms with E-state index in [1.807, 2.05) is 16.8 Å². The van der Waals surface area contributed by atoms with E-state index in [1.54, 1.807) is 0 Å². The lowest BCUT2D eigenvalue weighted by Gasteiger charge is -2.15. The fraction of sp³-hybridized carbons (Fsp3) is 0.267. The van der Waals surface area contributed by atoms with Crippen LogP contribution in [0.25, 0.3) is 0 Å². The smallest absolute Gasteiger partial charge is 0.411 e. The molecule has 2 aromatic rings. The Bertz CT molecular complexity index is 758. The van der Waals surface area contributed by atoms with Crippen molar-refractivity contribution < 1.29 is 22.7 Å². The van der Waals surface area contributed by atoms with Crippen molar-refractivity contribution in [2.24, 2.45) is 0 Å². The van der Waals surface area contributed by atoms with Gasteiger partial charge in [-0.1, -0.05) is 0 Å². The fourth-order valence-corrected chi connectivity index (χ4v) is 3.68. The predicted molar refractivity (Wildman–Crippen MR) is 91.7 cm³/mol. The van der Waals surface area contributed by atoms with Gasteiger partial charge in [0.15, 0.2) is 0 Å². The number of nitrogens with one attached hydrogen (secondary N) is 2. The van der Waals surface area contributed by atoms with Gasteiger partial charge < -0.3 is 9.47 Å². The molecule has 2 N–H and O–H groups in total. The van der Waals surface area contributed by atoms with Crippen molar-refractivity contribution in [3.8, 4) is 0 Å². The van der Waals surface area contributed by atoms with E-state index in [-0.39, 0.29) is 17.5 Å². The predicted octanol–water partition coefficient (Wildman–Crippen LogP) is 2.59. The van der Waals surface area contributed by atoms with Gasteiger partial charge in [-0.2, -0.15) is 11.3 Å². The van der Waals surface area contributed by atoms with E-state index >= 15 is 0 Å². The van der Waals surface area contributed by atoms with Crippen molar-refractivity contribution in [1.29, 1.82) is 0 Å². The Hall–Kier alpha value is -1.94. The van der Waals surface area contributed by atoms with Gasteiger partial charge >= 0.3 is 6.09 Å². The molecular weight excluding hydrogens is 352 g/mol. The number of amides is 1. The number of sulfonamides is 1. The molecule has 0 aliphatic carbocycles. The summed E-state index contributed by atoms with van der Waals surface area (Å²) in [6, 6.07) is 7.66. The monoisotopic (exact) mass is 370 g/mol. The maximum absolute atomic E-state index is 12.3. The Morgan fingerprint density at radius 3 is 2.46 bits per heavy atom. The molecule has 1 amide bonds. The molecule has 0 aliphatic rings. The molecule has 1 heterocycles. The van der Waals surface area contributed by atoms with Gasteiger partial charge in [-0.15, -0.1) is 0 Å². The number of carbonyl (C=O) groups is 1. The number of thiophene rings is 1. The summed E-state index contributed by atoms with van der Waals surface area (Å²) >= 11 is 1.52. The molecule has 0 saturated carbocycles. The Morgan fingerprint density at radius 1 is 1.21 bits per heavy atom. The molecule has 1 aromatic heterocycles. The number of benzene rings is 1. The van der Waals surface area contributed by atoms with Gasteiger partial charge in [-0.3, -0.25) is 5.32 Å². The first-order chi connectivity index (χ1) is 11.5. The van der Waals surface area contributed by atoms with E-state index in [4.69, 9.17) is 4.74 Å². The lowest BCUT2D eigenvalue weighted by atomic mass is 10.2. The number of hydrogen-bond donors (Lipinski definition) is 2. The van der Waals surface area contributed by atoms with E-state index < -0.39 is 16.1 Å². The van der Waals surface area contributed by atoms with Gasteiger partial charge in [0.25, 0.3) is 0 Å². The molecule has 1 atom stereocenters. The summed E-state index contributed by atoms with van der Waals surface area (Å²) in [6.07, 6.45) is -0.978. The van der Waals surface area contributed by atoms with Gasteiger partial charge in [0.05, 0.1) is 18.1 Å². The first-order valence-corrected chi connectivity index (χ1v) is 9.38. The maximum atomic E-state index is 12.3. The molecule has 0 aliphatic heterocycles. The average Bonchev–Trinajstić information content (AvgIpc) is 3.10. The molecule has 9 heteroatoms. The van der Waals surface area contributed by atoms with Gasteiger partial charge in [-0.05, 0) is 46.7 Å². The lowest BCUT2D eigenvalue weighted by Crippen LogP contribution is -2.29. The Labute approximate surface area is 144 Å². The number of methoxy groups -OCH3 is 2. The van der Waals surface area contributed by atoms with Crippen molar-refractivity contribution in [1.82, 2.24) is 4.72 Å². The van der Waals surface area contributed by atoms with Crippen LogP contribution in [0.2, 0.25) is 0 Å². The molecule has 0 radical (unpaired) electrons. The van der Waals surface area contributed by atoms with Crippen LogP contribution in [0.4, 0.5) is 10.5 Å². The molecule has 130 valence electrons. The molecular formula is C15H18N2O5S2. The fourth-order valence-electron chi connectivity index (χ4n) is 1.95. The maximum Gasteiger partial charge on any atom is 0.411 e. The minimum Gasteiger partial charge on any atom is -0.453 e. The Morgan fingerprint density at radius 2 is 1.92 bits per heavy atom. The molecule has 0 saturated heterocycles. The van der Waals surface area contributed by atoms with Crippen LogP contribution in [-0.2, 0) is 19.5 Å². The first kappa shape index (κ1) is 18.4. The summed E-state index contributed by atoms with van der Waals surface area (Å²) in [5.74, 6) is 0. The number of carbonyl (C=O) groups excluding carboxylic acids is 1. The van der Waals surface area contributed by atoms with E-state index in [2.05, 4.69) is 14.8 Å². The van der Waals surface area contributed by atoms with Crippen molar-refractivity contribution in [3.05, 3.63) is 46.7 Å². The van der Waals surface area contributed by atoms with Crippen LogP contribution in [0.3, 0.4) is 0 Å². The topological polar surface area (TPSA) is 93.7 Å². The van der Waals surface area contributed by atoms with Crippen LogP contribution < -0.4 is 10.0 Å². The van der Waals surface area contributed by atoms with Crippen molar-refractivity contribution in [3.63, 3.8) is 0 Å². The zero-order chi connectivity index (χ0) is 17.6. The van der Waals surface area contributed by atoms with Gasteiger partial charge in [0, 0.05) is 19.3 Å². The number of hydrogen-bond acceptors (Lipinski definition) is 6. The van der Waals surface area contributed by atoms with Crippen molar-refractivity contribution in [2.45, 2.75) is 11.0 Å². The molecule has 2 rings (SSSR count). The summed E-state index contributed by atoms with van der Waals surface area (Å²) < 4.78 is 37.0. The normalized spacial score (nSPS) is 12.6. The van der Waals surface area contributed by atoms with Crippen LogP contribution in [-0.4, -0.2) is 35.3 Å². The second-order valence-electron chi connectivity index (χ2n) is 4.77. The summed E-state index contributed by atoms with van der Waals surface area (Å²) in [5, 5.41) is 6.27. The van der Waals surface area contributed by atoms with Crippen molar-refractivity contribution in [2.75, 3.05) is 26.1 Å². The van der Waals surface area contributed by atoms with E-state index in [1.165, 1.54) is 49.8 Å². The Kier molecular flexibility index (Phi) is 6.32. The number of ether oxygens (including phenoxy) is 2. The third-order valence-electron chi connectivity index (χ3n) is 3.25. The highest BCUT2D eigenvalue weighted by molar-refractivity contribution is 7.89. The first-order valence-electron chi connectivity index (χ1n) is 6.96. The standard InChI is InChI=1S/C15H18N2O5S2/c1-21-14(11-7-8-23-10-11)9-16-24(19,20)13-5-3-12(4-6-13)17-15(18)22-2/h3-8,10,14,16H,9H2,1-2H3,(H,17,18). The average molecular weight is 370 g/mol. The van der Waals surface area contributed by atoms with E-state index in [0.717, 1.165) is 5.56 Å². The highest BCUT2D eigenvalue weighted by Crippen LogP contribution is 2.20. The lowest BCUT2D eigenvalue weighted by molar-refractivity contribution is 0.107. The van der Waals surface area contributed by atoms with E-state index in [0.29, 0.717) is 5.69 Å². The minimum absolute atomic E-state index is 0.0955. The zero-order valence-electron chi connectivity index (χ0n) is 13.2. The molecule has 7 nitrogen and oxygen atoms in total. The second-order valence-corrected chi connectivity index (χ2v) is 7.32. The van der Waals surface area contributed by atoms with Gasteiger partial charge in [-0.25, -0.2) is 17.9 Å². The number of rotatable bonds is 7. The quantitative estimate of drug-likeness (QED) is 0.781. The summed E-state index contributed by atoms with van der Waals surface area (Å²) in [7, 11) is -0.898. The highest BCUT2D eigenvalue weighted by atomic mass is 32.2. The molecule has 24 heavy (non-hydrogen) atoms. The number of anilines is 1. The van der Waals surface area contributed by atoms with Gasteiger partial charge in [0.1, 0.15) is 0 Å². The van der Waals surface area contributed by atoms with Crippen LogP contribution in [0.15, 0.2) is 46.0 Å². The molecule has 1 aromatic carbocycles. The zero-order valence-corrected chi connectivity index (χ0v) is 14.8. The summed E-state index contributed by atoms with van der Waals surface area (Å²) in [4.78, 5) is 11.2. The van der Waals surface area contributed by atoms with Crippen molar-refractivity contribution >= 4 is 33.1 Å². The van der Waals surface area contributed by atoms with Crippen LogP contribution in [0.5, 0.6) is 0 Å². The minimum atomic E-state index is -3.68. The highest BCUT2D eigenvalue weighted by Gasteiger charge is 2.18. The SMILES string of the molecule is COC(=O)Nc1ccc(S(=O)(=O)NCC(OC)c2ccsc2)cc1. The third-order valence-corrected chi connectivity index (χ3v) is 5.40. The molecule has 0 spiro atoms. The van der Waals surface area contributed by atoms with Gasteiger partial charge in [0.2, 0.25) is 10.0 Å². The van der Waals surface area contributed by atoms with E-state index in [9.17, 15) is 13.2 Å². The summed E-state index contributed by atoms with van der Waals surface area (Å²) in [5.41, 5.74) is 1.36. The second kappa shape index (κ2) is 8.25. The molecule has 0 bridgehead atoms. The summed E-state index contributed by atoms with van der Waals surface area (Å²) in [6.45, 7) is 0.123. The third kappa shape index (κ3) is 4.78. The van der Waals surface area contributed by atoms with Crippen LogP contribution >= 0.6 is 11.3 Å². The van der Waals surface area contributed by atoms with Crippen LogP contribution in [0, 0.1) is 0 Å².